The number of halogens is 1. The fraction of sp³-hybridized carbons (Fsp3) is 0.182. The van der Waals surface area contributed by atoms with Gasteiger partial charge in [0.2, 0.25) is 0 Å². The summed E-state index contributed by atoms with van der Waals surface area (Å²) in [5.41, 5.74) is 1.91. The van der Waals surface area contributed by atoms with Crippen LogP contribution in [-0.2, 0) is 4.79 Å². The molecule has 1 aromatic carbocycles. The zero-order valence-electron chi connectivity index (χ0n) is 8.57. The Kier molecular flexibility index (Phi) is 3.91. The van der Waals surface area contributed by atoms with Crippen molar-refractivity contribution in [1.29, 1.82) is 0 Å². The molecule has 0 fully saturated rings. The SMILES string of the molecule is CN(C)c1ccc(/C=C/C(=O)O)cc1Br. The summed E-state index contributed by atoms with van der Waals surface area (Å²) in [6.07, 6.45) is 2.68. The lowest BCUT2D eigenvalue weighted by atomic mass is 10.2. The zero-order chi connectivity index (χ0) is 11.4. The lowest BCUT2D eigenvalue weighted by molar-refractivity contribution is -0.131. The van der Waals surface area contributed by atoms with Crippen molar-refractivity contribution in [1.82, 2.24) is 0 Å². The van der Waals surface area contributed by atoms with E-state index in [2.05, 4.69) is 15.9 Å². The first-order valence-electron chi connectivity index (χ1n) is 4.38. The molecule has 0 aromatic heterocycles. The molecule has 0 aliphatic rings. The summed E-state index contributed by atoms with van der Waals surface area (Å²) in [5.74, 6) is -0.942. The first-order valence-corrected chi connectivity index (χ1v) is 5.18. The number of rotatable bonds is 3. The van der Waals surface area contributed by atoms with E-state index >= 15 is 0 Å². The Hall–Kier alpha value is -1.29. The molecule has 0 bridgehead atoms. The highest BCUT2D eigenvalue weighted by Crippen LogP contribution is 2.26. The number of anilines is 1. The number of hydrogen-bond donors (Lipinski definition) is 1. The van der Waals surface area contributed by atoms with Crippen LogP contribution >= 0.6 is 15.9 Å². The molecule has 0 saturated carbocycles. The van der Waals surface area contributed by atoms with Crippen molar-refractivity contribution in [3.05, 3.63) is 34.3 Å². The second-order valence-corrected chi connectivity index (χ2v) is 4.13. The van der Waals surface area contributed by atoms with Gasteiger partial charge in [-0.05, 0) is 39.7 Å². The quantitative estimate of drug-likeness (QED) is 0.858. The number of nitrogens with zero attached hydrogens (tertiary/aromatic N) is 1. The van der Waals surface area contributed by atoms with Gasteiger partial charge < -0.3 is 10.0 Å². The minimum atomic E-state index is -0.942. The standard InChI is InChI=1S/C11H12BrNO2/c1-13(2)10-5-3-8(7-9(10)12)4-6-11(14)15/h3-7H,1-2H3,(H,14,15)/b6-4+. The maximum Gasteiger partial charge on any atom is 0.328 e. The van der Waals surface area contributed by atoms with Crippen molar-refractivity contribution in [3.63, 3.8) is 0 Å². The van der Waals surface area contributed by atoms with Crippen molar-refractivity contribution < 1.29 is 9.90 Å². The molecular formula is C11H12BrNO2. The van der Waals surface area contributed by atoms with Gasteiger partial charge in [0.25, 0.3) is 0 Å². The van der Waals surface area contributed by atoms with Crippen molar-refractivity contribution in [2.24, 2.45) is 0 Å². The molecule has 80 valence electrons. The van der Waals surface area contributed by atoms with Crippen LogP contribution in [0.5, 0.6) is 0 Å². The van der Waals surface area contributed by atoms with Gasteiger partial charge in [-0.2, -0.15) is 0 Å². The van der Waals surface area contributed by atoms with Gasteiger partial charge in [0.15, 0.2) is 0 Å². The van der Waals surface area contributed by atoms with Crippen LogP contribution in [0.2, 0.25) is 0 Å². The summed E-state index contributed by atoms with van der Waals surface area (Å²) in [6.45, 7) is 0. The van der Waals surface area contributed by atoms with Gasteiger partial charge in [0.1, 0.15) is 0 Å². The Morgan fingerprint density at radius 3 is 2.60 bits per heavy atom. The molecule has 1 aromatic rings. The van der Waals surface area contributed by atoms with Gasteiger partial charge in [-0.25, -0.2) is 4.79 Å². The van der Waals surface area contributed by atoms with E-state index < -0.39 is 5.97 Å². The van der Waals surface area contributed by atoms with E-state index in [0.29, 0.717) is 0 Å². The number of carbonyl (C=O) groups is 1. The molecule has 0 aliphatic heterocycles. The summed E-state index contributed by atoms with van der Waals surface area (Å²) in [4.78, 5) is 12.3. The molecule has 0 aliphatic carbocycles. The Bertz CT molecular complexity index is 400. The average Bonchev–Trinajstić information content (AvgIpc) is 2.14. The maximum atomic E-state index is 10.3. The molecule has 0 amide bonds. The molecule has 3 nitrogen and oxygen atoms in total. The van der Waals surface area contributed by atoms with Gasteiger partial charge in [-0.1, -0.05) is 6.07 Å². The number of carboxylic acids is 1. The highest BCUT2D eigenvalue weighted by Gasteiger charge is 2.01. The van der Waals surface area contributed by atoms with Gasteiger partial charge in [0, 0.05) is 24.6 Å². The minimum Gasteiger partial charge on any atom is -0.478 e. The summed E-state index contributed by atoms with van der Waals surface area (Å²) in [5, 5.41) is 8.48. The van der Waals surface area contributed by atoms with Crippen LogP contribution in [-0.4, -0.2) is 25.2 Å². The van der Waals surface area contributed by atoms with Crippen molar-refractivity contribution >= 4 is 33.7 Å². The number of carboxylic acid groups (broad SMARTS) is 1. The topological polar surface area (TPSA) is 40.5 Å². The number of benzene rings is 1. The molecule has 1 N–H and O–H groups in total. The third kappa shape index (κ3) is 3.40. The fourth-order valence-electron chi connectivity index (χ4n) is 1.16. The van der Waals surface area contributed by atoms with Crippen LogP contribution in [0.3, 0.4) is 0 Å². The molecule has 0 radical (unpaired) electrons. The van der Waals surface area contributed by atoms with E-state index in [-0.39, 0.29) is 0 Å². The molecule has 15 heavy (non-hydrogen) atoms. The third-order valence-electron chi connectivity index (χ3n) is 1.87. The van der Waals surface area contributed by atoms with Crippen LogP contribution in [0.1, 0.15) is 5.56 Å². The maximum absolute atomic E-state index is 10.3. The second kappa shape index (κ2) is 4.98. The lowest BCUT2D eigenvalue weighted by Crippen LogP contribution is -2.09. The predicted octanol–water partition coefficient (Wildman–Crippen LogP) is 2.61. The monoisotopic (exact) mass is 269 g/mol. The van der Waals surface area contributed by atoms with Crippen LogP contribution < -0.4 is 4.90 Å². The Balaban J connectivity index is 2.96. The number of hydrogen-bond acceptors (Lipinski definition) is 2. The smallest absolute Gasteiger partial charge is 0.328 e. The molecule has 0 heterocycles. The van der Waals surface area contributed by atoms with Crippen LogP contribution in [0.15, 0.2) is 28.7 Å². The molecule has 0 atom stereocenters. The van der Waals surface area contributed by atoms with Gasteiger partial charge in [0.05, 0.1) is 5.69 Å². The van der Waals surface area contributed by atoms with Crippen LogP contribution in [0, 0.1) is 0 Å². The average molecular weight is 270 g/mol. The van der Waals surface area contributed by atoms with E-state index in [1.165, 1.54) is 0 Å². The van der Waals surface area contributed by atoms with Gasteiger partial charge in [-0.3, -0.25) is 0 Å². The fourth-order valence-corrected chi connectivity index (χ4v) is 1.91. The highest BCUT2D eigenvalue weighted by atomic mass is 79.9. The largest absolute Gasteiger partial charge is 0.478 e. The highest BCUT2D eigenvalue weighted by molar-refractivity contribution is 9.10. The second-order valence-electron chi connectivity index (χ2n) is 3.28. The van der Waals surface area contributed by atoms with E-state index in [1.54, 1.807) is 6.08 Å². The van der Waals surface area contributed by atoms with Crippen molar-refractivity contribution in [3.8, 4) is 0 Å². The van der Waals surface area contributed by atoms with Gasteiger partial charge in [-0.15, -0.1) is 0 Å². The summed E-state index contributed by atoms with van der Waals surface area (Å²) >= 11 is 3.43. The van der Waals surface area contributed by atoms with E-state index in [9.17, 15) is 4.79 Å². The Labute approximate surface area is 97.1 Å². The van der Waals surface area contributed by atoms with Crippen molar-refractivity contribution in [2.75, 3.05) is 19.0 Å². The van der Waals surface area contributed by atoms with Crippen LogP contribution in [0.4, 0.5) is 5.69 Å². The molecule has 0 unspecified atom stereocenters. The normalized spacial score (nSPS) is 10.6. The van der Waals surface area contributed by atoms with E-state index in [4.69, 9.17) is 5.11 Å². The van der Waals surface area contributed by atoms with E-state index in [1.807, 2.05) is 37.2 Å². The summed E-state index contributed by atoms with van der Waals surface area (Å²) in [6, 6.07) is 5.69. The van der Waals surface area contributed by atoms with Crippen molar-refractivity contribution in [2.45, 2.75) is 0 Å². The number of aliphatic carboxylic acids is 1. The summed E-state index contributed by atoms with van der Waals surface area (Å²) in [7, 11) is 3.90. The van der Waals surface area contributed by atoms with E-state index in [0.717, 1.165) is 21.8 Å². The molecular weight excluding hydrogens is 258 g/mol. The Morgan fingerprint density at radius 1 is 1.47 bits per heavy atom. The predicted molar refractivity (Wildman–Crippen MR) is 65.1 cm³/mol. The molecule has 0 saturated heterocycles. The first-order chi connectivity index (χ1) is 7.00. The third-order valence-corrected chi connectivity index (χ3v) is 2.51. The Morgan fingerprint density at radius 2 is 2.13 bits per heavy atom. The lowest BCUT2D eigenvalue weighted by Gasteiger charge is -2.14. The summed E-state index contributed by atoms with van der Waals surface area (Å²) < 4.78 is 0.944. The molecule has 4 heteroatoms. The minimum absolute atomic E-state index is 0.856. The van der Waals surface area contributed by atoms with Gasteiger partial charge >= 0.3 is 5.97 Å². The van der Waals surface area contributed by atoms with Crippen LogP contribution in [0.25, 0.3) is 6.08 Å². The molecule has 0 spiro atoms. The first kappa shape index (κ1) is 11.8. The molecule has 1 rings (SSSR count). The zero-order valence-corrected chi connectivity index (χ0v) is 10.2.